The Bertz CT molecular complexity index is 1450. The van der Waals surface area contributed by atoms with Gasteiger partial charge in [-0.2, -0.15) is 0 Å². The van der Waals surface area contributed by atoms with Crippen LogP contribution in [-0.4, -0.2) is 44.3 Å². The van der Waals surface area contributed by atoms with E-state index in [9.17, 15) is 18.0 Å². The van der Waals surface area contributed by atoms with Crippen molar-refractivity contribution in [1.29, 1.82) is 0 Å². The molecule has 2 amide bonds. The number of amides is 2. The standard InChI is InChI=1S/C31H37Cl2N3O4S/c1-5-23-12-10-11-15-29(23)36(41(39,40)26-13-8-7-9-14-26)21-30(37)35(20-24-16-17-25(32)18-27(24)33)28(6-2)31(38)34-19-22(3)4/h7-18,22,28H,5-6,19-21H2,1-4H3,(H,34,38)/t28-/m1/s1. The Hall–Kier alpha value is -3.07. The molecule has 3 rings (SSSR count). The minimum absolute atomic E-state index is 0.00289. The summed E-state index contributed by atoms with van der Waals surface area (Å²) in [7, 11) is -4.13. The van der Waals surface area contributed by atoms with E-state index < -0.39 is 28.5 Å². The summed E-state index contributed by atoms with van der Waals surface area (Å²) in [5.41, 5.74) is 1.77. The van der Waals surface area contributed by atoms with Crippen molar-refractivity contribution in [2.75, 3.05) is 17.4 Å². The van der Waals surface area contributed by atoms with Gasteiger partial charge in [0.2, 0.25) is 11.8 Å². The predicted molar refractivity (Wildman–Crippen MR) is 166 cm³/mol. The number of benzene rings is 3. The van der Waals surface area contributed by atoms with Gasteiger partial charge in [0.25, 0.3) is 10.0 Å². The van der Waals surface area contributed by atoms with E-state index in [0.717, 1.165) is 9.87 Å². The lowest BCUT2D eigenvalue weighted by Crippen LogP contribution is -2.52. The molecule has 1 N–H and O–H groups in total. The topological polar surface area (TPSA) is 86.8 Å². The first-order valence-corrected chi connectivity index (χ1v) is 15.9. The maximum absolute atomic E-state index is 14.2. The highest BCUT2D eigenvalue weighted by Gasteiger charge is 2.34. The molecule has 0 aromatic heterocycles. The van der Waals surface area contributed by atoms with E-state index in [0.29, 0.717) is 40.7 Å². The van der Waals surface area contributed by atoms with Crippen LogP contribution in [-0.2, 0) is 32.6 Å². The van der Waals surface area contributed by atoms with Gasteiger partial charge in [0.1, 0.15) is 12.6 Å². The van der Waals surface area contributed by atoms with Crippen molar-refractivity contribution in [2.45, 2.75) is 58.0 Å². The summed E-state index contributed by atoms with van der Waals surface area (Å²) in [5.74, 6) is -0.637. The highest BCUT2D eigenvalue weighted by atomic mass is 35.5. The number of rotatable bonds is 13. The number of sulfonamides is 1. The summed E-state index contributed by atoms with van der Waals surface area (Å²) in [6.45, 7) is 7.63. The predicted octanol–water partition coefficient (Wildman–Crippen LogP) is 6.33. The van der Waals surface area contributed by atoms with Gasteiger partial charge in [-0.1, -0.05) is 93.4 Å². The Morgan fingerprint density at radius 3 is 2.17 bits per heavy atom. The van der Waals surface area contributed by atoms with Crippen LogP contribution < -0.4 is 9.62 Å². The number of para-hydroxylation sites is 1. The van der Waals surface area contributed by atoms with Crippen LogP contribution in [0, 0.1) is 5.92 Å². The molecule has 3 aromatic rings. The van der Waals surface area contributed by atoms with Crippen LogP contribution in [0.2, 0.25) is 10.0 Å². The summed E-state index contributed by atoms with van der Waals surface area (Å²) in [5, 5.41) is 3.70. The molecule has 3 aromatic carbocycles. The third-order valence-electron chi connectivity index (χ3n) is 6.68. The smallest absolute Gasteiger partial charge is 0.264 e. The zero-order valence-corrected chi connectivity index (χ0v) is 26.1. The van der Waals surface area contributed by atoms with Gasteiger partial charge in [0.15, 0.2) is 0 Å². The van der Waals surface area contributed by atoms with E-state index in [1.54, 1.807) is 48.5 Å². The van der Waals surface area contributed by atoms with E-state index in [1.165, 1.54) is 17.0 Å². The summed E-state index contributed by atoms with van der Waals surface area (Å²) >= 11 is 12.6. The molecular weight excluding hydrogens is 581 g/mol. The maximum atomic E-state index is 14.2. The molecule has 0 bridgehead atoms. The molecule has 220 valence electrons. The van der Waals surface area contributed by atoms with E-state index in [1.807, 2.05) is 39.8 Å². The van der Waals surface area contributed by atoms with Crippen molar-refractivity contribution < 1.29 is 18.0 Å². The minimum Gasteiger partial charge on any atom is -0.354 e. The van der Waals surface area contributed by atoms with Gasteiger partial charge in [-0.25, -0.2) is 8.42 Å². The SMILES string of the molecule is CCc1ccccc1N(CC(=O)N(Cc1ccc(Cl)cc1Cl)[C@H](CC)C(=O)NCC(C)C)S(=O)(=O)c1ccccc1. The highest BCUT2D eigenvalue weighted by molar-refractivity contribution is 7.92. The van der Waals surface area contributed by atoms with E-state index in [2.05, 4.69) is 5.32 Å². The second-order valence-corrected chi connectivity index (χ2v) is 12.8. The van der Waals surface area contributed by atoms with Gasteiger partial charge in [-0.3, -0.25) is 13.9 Å². The maximum Gasteiger partial charge on any atom is 0.264 e. The quantitative estimate of drug-likeness (QED) is 0.243. The minimum atomic E-state index is -4.13. The van der Waals surface area contributed by atoms with Crippen LogP contribution in [0.5, 0.6) is 0 Å². The summed E-state index contributed by atoms with van der Waals surface area (Å²) in [6, 6.07) is 19.2. The van der Waals surface area contributed by atoms with Gasteiger partial charge in [-0.15, -0.1) is 0 Å². The molecule has 0 radical (unpaired) electrons. The molecule has 10 heteroatoms. The number of nitrogens with zero attached hydrogens (tertiary/aromatic N) is 2. The average Bonchev–Trinajstić information content (AvgIpc) is 2.96. The molecule has 7 nitrogen and oxygen atoms in total. The van der Waals surface area contributed by atoms with Crippen LogP contribution in [0.4, 0.5) is 5.69 Å². The number of hydrogen-bond donors (Lipinski definition) is 1. The summed E-state index contributed by atoms with van der Waals surface area (Å²) in [4.78, 5) is 29.0. The van der Waals surface area contributed by atoms with Crippen molar-refractivity contribution in [1.82, 2.24) is 10.2 Å². The van der Waals surface area contributed by atoms with Crippen molar-refractivity contribution >= 4 is 50.7 Å². The number of carbonyl (C=O) groups is 2. The zero-order chi connectivity index (χ0) is 30.2. The van der Waals surface area contributed by atoms with Crippen LogP contribution in [0.15, 0.2) is 77.7 Å². The van der Waals surface area contributed by atoms with Gasteiger partial charge in [-0.05, 0) is 60.2 Å². The van der Waals surface area contributed by atoms with Crippen molar-refractivity contribution in [3.05, 3.63) is 94.0 Å². The first kappa shape index (κ1) is 32.4. The Balaban J connectivity index is 2.09. The molecule has 1 atom stereocenters. The third kappa shape index (κ3) is 8.24. The molecule has 0 saturated carbocycles. The fraction of sp³-hybridized carbons (Fsp3) is 0.355. The number of aryl methyl sites for hydroxylation is 1. The number of nitrogens with one attached hydrogen (secondary N) is 1. The molecule has 41 heavy (non-hydrogen) atoms. The average molecular weight is 619 g/mol. The first-order valence-electron chi connectivity index (χ1n) is 13.7. The van der Waals surface area contributed by atoms with Crippen molar-refractivity contribution in [2.24, 2.45) is 5.92 Å². The zero-order valence-electron chi connectivity index (χ0n) is 23.8. The fourth-order valence-electron chi connectivity index (χ4n) is 4.46. The molecule has 0 aliphatic heterocycles. The molecule has 0 fully saturated rings. The van der Waals surface area contributed by atoms with E-state index >= 15 is 0 Å². The number of anilines is 1. The highest BCUT2D eigenvalue weighted by Crippen LogP contribution is 2.29. The van der Waals surface area contributed by atoms with Crippen LogP contribution in [0.1, 0.15) is 45.2 Å². The lowest BCUT2D eigenvalue weighted by Gasteiger charge is -2.34. The molecule has 0 aliphatic carbocycles. The lowest BCUT2D eigenvalue weighted by atomic mass is 10.1. The van der Waals surface area contributed by atoms with Crippen LogP contribution >= 0.6 is 23.2 Å². The molecule has 0 heterocycles. The number of hydrogen-bond acceptors (Lipinski definition) is 4. The van der Waals surface area contributed by atoms with Crippen LogP contribution in [0.25, 0.3) is 0 Å². The second-order valence-electron chi connectivity index (χ2n) is 10.1. The van der Waals surface area contributed by atoms with Gasteiger partial charge in [0.05, 0.1) is 10.6 Å². The Kier molecular flexibility index (Phi) is 11.6. The van der Waals surface area contributed by atoms with Crippen molar-refractivity contribution in [3.8, 4) is 0 Å². The Morgan fingerprint density at radius 1 is 0.902 bits per heavy atom. The molecule has 0 unspecified atom stereocenters. The van der Waals surface area contributed by atoms with Gasteiger partial charge >= 0.3 is 0 Å². The normalized spacial score (nSPS) is 12.2. The molecular formula is C31H37Cl2N3O4S. The monoisotopic (exact) mass is 617 g/mol. The second kappa shape index (κ2) is 14.7. The van der Waals surface area contributed by atoms with E-state index in [-0.39, 0.29) is 23.3 Å². The third-order valence-corrected chi connectivity index (χ3v) is 9.04. The largest absolute Gasteiger partial charge is 0.354 e. The van der Waals surface area contributed by atoms with Gasteiger partial charge in [0, 0.05) is 23.1 Å². The number of halogens is 2. The number of carbonyl (C=O) groups excluding carboxylic acids is 2. The molecule has 0 saturated heterocycles. The van der Waals surface area contributed by atoms with Crippen LogP contribution in [0.3, 0.4) is 0 Å². The summed E-state index contributed by atoms with van der Waals surface area (Å²) in [6.07, 6.45) is 0.877. The Morgan fingerprint density at radius 2 is 1.56 bits per heavy atom. The molecule has 0 spiro atoms. The Labute approximate surface area is 253 Å². The lowest BCUT2D eigenvalue weighted by molar-refractivity contribution is -0.140. The fourth-order valence-corrected chi connectivity index (χ4v) is 6.40. The molecule has 0 aliphatic rings. The van der Waals surface area contributed by atoms with E-state index in [4.69, 9.17) is 23.2 Å². The van der Waals surface area contributed by atoms with Crippen molar-refractivity contribution in [3.63, 3.8) is 0 Å². The van der Waals surface area contributed by atoms with Gasteiger partial charge < -0.3 is 10.2 Å². The first-order chi connectivity index (χ1) is 19.5. The summed E-state index contributed by atoms with van der Waals surface area (Å²) < 4.78 is 29.1.